The highest BCUT2D eigenvalue weighted by Crippen LogP contribution is 2.67. The molecule has 0 spiro atoms. The number of para-hydroxylation sites is 1. The van der Waals surface area contributed by atoms with Gasteiger partial charge in [-0.25, -0.2) is 26.9 Å². The van der Waals surface area contributed by atoms with Gasteiger partial charge in [-0.1, -0.05) is 54.1 Å². The number of amides is 4. The van der Waals surface area contributed by atoms with Gasteiger partial charge in [-0.3, -0.25) is 24.1 Å². The zero-order valence-corrected chi connectivity index (χ0v) is 26.7. The fraction of sp³-hybridized carbons (Fsp3) is 0.294. The third-order valence-electron chi connectivity index (χ3n) is 10.1. The normalized spacial score (nSPS) is 29.2. The molecule has 7 rings (SSSR count). The van der Waals surface area contributed by atoms with Gasteiger partial charge in [0.05, 0.1) is 25.5 Å². The zero-order chi connectivity index (χ0) is 35.3. The quantitative estimate of drug-likeness (QED) is 0.0885. The molecule has 4 aliphatic rings. The Bertz CT molecular complexity index is 2000. The molecule has 3 aromatic rings. The highest BCUT2D eigenvalue weighted by atomic mass is 35.5. The maximum Gasteiger partial charge on any atom is 0.258 e. The number of phenols is 1. The average Bonchev–Trinajstić information content (AvgIpc) is 3.41. The van der Waals surface area contributed by atoms with Crippen LogP contribution in [0.15, 0.2) is 60.2 Å². The van der Waals surface area contributed by atoms with Crippen LogP contribution in [-0.2, 0) is 25.7 Å². The second kappa shape index (κ2) is 11.3. The molecule has 15 heteroatoms. The van der Waals surface area contributed by atoms with Crippen LogP contribution in [0.25, 0.3) is 0 Å². The fourth-order valence-electron chi connectivity index (χ4n) is 7.84. The monoisotopic (exact) mass is 720 g/mol. The van der Waals surface area contributed by atoms with Gasteiger partial charge in [0.25, 0.3) is 11.8 Å². The van der Waals surface area contributed by atoms with Crippen molar-refractivity contribution in [3.63, 3.8) is 0 Å². The van der Waals surface area contributed by atoms with Gasteiger partial charge < -0.3 is 9.84 Å². The van der Waals surface area contributed by atoms with E-state index in [0.717, 1.165) is 4.90 Å². The first-order valence-electron chi connectivity index (χ1n) is 14.9. The molecular formula is C34H23Cl2F5N2O6. The number of likely N-dealkylation sites (tertiary alicyclic amines) is 1. The van der Waals surface area contributed by atoms with Gasteiger partial charge in [0, 0.05) is 11.5 Å². The summed E-state index contributed by atoms with van der Waals surface area (Å²) in [5, 5.41) is 11.3. The maximum absolute atomic E-state index is 15.2. The maximum atomic E-state index is 15.2. The van der Waals surface area contributed by atoms with E-state index in [1.807, 2.05) is 0 Å². The van der Waals surface area contributed by atoms with Crippen molar-refractivity contribution in [2.45, 2.75) is 35.1 Å². The molecule has 1 saturated carbocycles. The summed E-state index contributed by atoms with van der Waals surface area (Å²) >= 11 is 14.2. The number of benzene rings is 3. The van der Waals surface area contributed by atoms with Gasteiger partial charge in [0.15, 0.2) is 44.5 Å². The van der Waals surface area contributed by atoms with Crippen LogP contribution in [0.4, 0.5) is 27.6 Å². The van der Waals surface area contributed by atoms with Crippen molar-refractivity contribution in [3.8, 4) is 11.5 Å². The molecule has 2 saturated heterocycles. The molecule has 2 aliphatic heterocycles. The Labute approximate surface area is 284 Å². The van der Waals surface area contributed by atoms with Crippen molar-refractivity contribution in [1.29, 1.82) is 0 Å². The Morgan fingerprint density at radius 1 is 0.837 bits per heavy atom. The lowest BCUT2D eigenvalue weighted by molar-refractivity contribution is -0.141. The number of phenolic OH excluding ortho intramolecular Hbond substituents is 1. The van der Waals surface area contributed by atoms with Gasteiger partial charge in [-0.15, -0.1) is 23.2 Å². The first-order valence-corrected chi connectivity index (χ1v) is 15.7. The molecule has 0 aromatic heterocycles. The van der Waals surface area contributed by atoms with E-state index in [1.165, 1.54) is 25.3 Å². The number of carbonyl (C=O) groups excluding carboxylic acids is 4. The predicted molar refractivity (Wildman–Crippen MR) is 163 cm³/mol. The van der Waals surface area contributed by atoms with E-state index in [9.17, 15) is 37.5 Å². The number of hydrogen-bond donors (Lipinski definition) is 1. The number of imide groups is 2. The molecule has 0 radical (unpaired) electrons. The number of rotatable bonds is 5. The van der Waals surface area contributed by atoms with E-state index in [-0.39, 0.29) is 34.8 Å². The minimum absolute atomic E-state index is 0.0284. The average molecular weight is 721 g/mol. The van der Waals surface area contributed by atoms with Crippen LogP contribution in [0.5, 0.6) is 11.5 Å². The summed E-state index contributed by atoms with van der Waals surface area (Å²) in [6.45, 7) is -0.0649. The third kappa shape index (κ3) is 4.27. The lowest BCUT2D eigenvalue weighted by Crippen LogP contribution is -2.60. The van der Waals surface area contributed by atoms with Crippen LogP contribution in [0.2, 0.25) is 0 Å². The summed E-state index contributed by atoms with van der Waals surface area (Å²) < 4.78 is 78.4. The summed E-state index contributed by atoms with van der Waals surface area (Å²) in [6, 6.07) is 12.8. The molecule has 1 N–H and O–H groups in total. The van der Waals surface area contributed by atoms with Gasteiger partial charge >= 0.3 is 0 Å². The number of anilines is 1. The summed E-state index contributed by atoms with van der Waals surface area (Å²) in [5.41, 5.74) is -1.17. The molecular weight excluding hydrogens is 698 g/mol. The summed E-state index contributed by atoms with van der Waals surface area (Å²) in [4.78, 5) is 51.7. The number of carbonyl (C=O) groups is 4. The van der Waals surface area contributed by atoms with Crippen LogP contribution in [0, 0.1) is 46.8 Å². The number of aromatic hydroxyl groups is 1. The minimum Gasteiger partial charge on any atom is -0.504 e. The third-order valence-corrected chi connectivity index (χ3v) is 11.5. The smallest absolute Gasteiger partial charge is 0.258 e. The fourth-order valence-corrected chi connectivity index (χ4v) is 8.76. The number of nitrogens with zero attached hydrogens (tertiary/aromatic N) is 2. The predicted octanol–water partition coefficient (Wildman–Crippen LogP) is 5.86. The lowest BCUT2D eigenvalue weighted by atomic mass is 9.56. The number of allylic oxidation sites excluding steroid dienone is 2. The molecule has 0 bridgehead atoms. The first-order chi connectivity index (χ1) is 23.2. The summed E-state index contributed by atoms with van der Waals surface area (Å²) in [7, 11) is 1.23. The van der Waals surface area contributed by atoms with Crippen LogP contribution < -0.4 is 9.64 Å². The van der Waals surface area contributed by atoms with E-state index in [1.54, 1.807) is 36.4 Å². The van der Waals surface area contributed by atoms with E-state index >= 15 is 8.78 Å². The van der Waals surface area contributed by atoms with Crippen molar-refractivity contribution in [3.05, 3.63) is 100 Å². The highest BCUT2D eigenvalue weighted by molar-refractivity contribution is 6.58. The number of methoxy groups -OCH3 is 1. The Kier molecular flexibility index (Phi) is 7.60. The number of ether oxygens (including phenoxy) is 1. The number of hydrogen-bond acceptors (Lipinski definition) is 6. The molecule has 2 heterocycles. The molecule has 49 heavy (non-hydrogen) atoms. The van der Waals surface area contributed by atoms with Gasteiger partial charge in [0.2, 0.25) is 17.6 Å². The van der Waals surface area contributed by atoms with E-state index < -0.39 is 104 Å². The number of fused-ring (bicyclic) bond motifs is 4. The van der Waals surface area contributed by atoms with Gasteiger partial charge in [-0.05, 0) is 30.4 Å². The van der Waals surface area contributed by atoms with Crippen LogP contribution in [0.1, 0.15) is 29.9 Å². The second-order valence-electron chi connectivity index (χ2n) is 12.3. The summed E-state index contributed by atoms with van der Waals surface area (Å²) in [6.07, 6.45) is 0.867. The van der Waals surface area contributed by atoms with Crippen molar-refractivity contribution >= 4 is 52.5 Å². The Morgan fingerprint density at radius 3 is 2.10 bits per heavy atom. The molecule has 6 atom stereocenters. The molecule has 4 amide bonds. The Morgan fingerprint density at radius 2 is 1.47 bits per heavy atom. The first kappa shape index (κ1) is 33.0. The van der Waals surface area contributed by atoms with Crippen molar-refractivity contribution in [2.24, 2.45) is 17.8 Å². The standard InChI is InChI=1S/C34H23Cl2F5N2O6/c1-49-19-9-5-8-17(28(19)44)21-15-10-11-16-20(30(46)42(29(16)45)13-14-6-3-2-4-7-14)18(15)12-33(35)31(47)43(32(48)34(21,33)36)27-25(40)23(38)22(37)24(39)26(27)41/h2-10,16,18,20-21,44H,11-13H2,1H3/t16-,18+,20-,21+,33+,34-/m0/s1. The zero-order valence-electron chi connectivity index (χ0n) is 25.2. The Balaban J connectivity index is 1.42. The van der Waals surface area contributed by atoms with Crippen LogP contribution in [-0.4, -0.2) is 50.5 Å². The van der Waals surface area contributed by atoms with Crippen molar-refractivity contribution < 1.29 is 51.0 Å². The SMILES string of the molecule is COc1cccc([C@H]2C3=CC[C@@H]4C(=O)N(Cc5ccccc5)C(=O)[C@@H]4[C@@H]3C[C@@]3(Cl)C(=O)N(c4c(F)c(F)c(F)c(F)c4F)C(=O)[C@@]23Cl)c1O. The van der Waals surface area contributed by atoms with E-state index in [0.29, 0.717) is 5.56 Å². The van der Waals surface area contributed by atoms with E-state index in [2.05, 4.69) is 0 Å². The Hall–Kier alpha value is -4.49. The minimum atomic E-state index is -2.76. The molecule has 8 nitrogen and oxygen atoms in total. The summed E-state index contributed by atoms with van der Waals surface area (Å²) in [5.74, 6) is -22.2. The molecule has 254 valence electrons. The number of halogens is 7. The largest absolute Gasteiger partial charge is 0.504 e. The van der Waals surface area contributed by atoms with Gasteiger partial charge in [0.1, 0.15) is 5.69 Å². The molecule has 3 aromatic carbocycles. The van der Waals surface area contributed by atoms with Crippen molar-refractivity contribution in [2.75, 3.05) is 12.0 Å². The van der Waals surface area contributed by atoms with Crippen LogP contribution >= 0.6 is 23.2 Å². The van der Waals surface area contributed by atoms with Crippen LogP contribution in [0.3, 0.4) is 0 Å². The topological polar surface area (TPSA) is 104 Å². The van der Waals surface area contributed by atoms with E-state index in [4.69, 9.17) is 27.9 Å². The number of alkyl halides is 2. The van der Waals surface area contributed by atoms with Crippen molar-refractivity contribution in [1.82, 2.24) is 4.90 Å². The lowest BCUT2D eigenvalue weighted by Gasteiger charge is -2.50. The molecule has 0 unspecified atom stereocenters. The van der Waals surface area contributed by atoms with Gasteiger partial charge in [-0.2, -0.15) is 0 Å². The second-order valence-corrected chi connectivity index (χ2v) is 13.6. The highest BCUT2D eigenvalue weighted by Gasteiger charge is 2.77. The molecule has 3 fully saturated rings. The molecule has 2 aliphatic carbocycles.